The van der Waals surface area contributed by atoms with Gasteiger partial charge in [-0.2, -0.15) is 5.26 Å². The first-order valence-corrected chi connectivity index (χ1v) is 5.58. The third kappa shape index (κ3) is 2.76. The van der Waals surface area contributed by atoms with Gasteiger partial charge in [0.2, 0.25) is 0 Å². The highest BCUT2D eigenvalue weighted by molar-refractivity contribution is 5.70. The van der Waals surface area contributed by atoms with E-state index in [2.05, 4.69) is 0 Å². The van der Waals surface area contributed by atoms with Gasteiger partial charge in [-0.3, -0.25) is 10.1 Å². The van der Waals surface area contributed by atoms with Crippen molar-refractivity contribution in [2.45, 2.75) is 19.9 Å². The van der Waals surface area contributed by atoms with Gasteiger partial charge in [0.05, 0.1) is 11.5 Å². The minimum absolute atomic E-state index is 0.00945. The lowest BCUT2D eigenvalue weighted by atomic mass is 10.1. The maximum atomic E-state index is 11.1. The molecule has 6 nitrogen and oxygen atoms in total. The summed E-state index contributed by atoms with van der Waals surface area (Å²) in [6.45, 7) is 3.93. The second-order valence-electron chi connectivity index (χ2n) is 4.05. The van der Waals surface area contributed by atoms with Crippen LogP contribution in [0.3, 0.4) is 0 Å². The molecule has 0 bridgehead atoms. The molecule has 0 saturated carbocycles. The molecule has 0 aromatic heterocycles. The summed E-state index contributed by atoms with van der Waals surface area (Å²) in [6.07, 6.45) is 0. The second-order valence-corrected chi connectivity index (χ2v) is 4.05. The zero-order chi connectivity index (χ0) is 13.7. The molecule has 1 N–H and O–H groups in total. The molecule has 0 aliphatic rings. The van der Waals surface area contributed by atoms with Crippen molar-refractivity contribution in [2.75, 3.05) is 18.1 Å². The molecule has 0 saturated heterocycles. The molecule has 0 amide bonds. The van der Waals surface area contributed by atoms with Gasteiger partial charge in [0, 0.05) is 12.6 Å². The van der Waals surface area contributed by atoms with Crippen LogP contribution in [-0.2, 0) is 0 Å². The Kier molecular flexibility index (Phi) is 4.63. The van der Waals surface area contributed by atoms with Crippen LogP contribution in [0, 0.1) is 21.4 Å². The fraction of sp³-hybridized carbons (Fsp3) is 0.417. The van der Waals surface area contributed by atoms with E-state index in [4.69, 9.17) is 10.4 Å². The summed E-state index contributed by atoms with van der Waals surface area (Å²) in [5, 5.41) is 29.0. The van der Waals surface area contributed by atoms with Crippen LogP contribution >= 0.6 is 0 Å². The molecule has 1 rings (SSSR count). The van der Waals surface area contributed by atoms with Gasteiger partial charge in [-0.05, 0) is 26.0 Å². The number of para-hydroxylation sites is 1. The standard InChI is InChI=1S/C12H15N3O3/c1-9(2)14(6-7-16)11-5-3-4-10(8-13)12(11)15(17)18/h3-5,9,16H,6-7H2,1-2H3. The number of nitro groups is 1. The summed E-state index contributed by atoms with van der Waals surface area (Å²) in [5.41, 5.74) is 0.186. The SMILES string of the molecule is CC(C)N(CCO)c1cccc(C#N)c1[N+](=O)[O-]. The highest BCUT2D eigenvalue weighted by atomic mass is 16.6. The summed E-state index contributed by atoms with van der Waals surface area (Å²) in [4.78, 5) is 12.3. The zero-order valence-corrected chi connectivity index (χ0v) is 10.3. The Labute approximate surface area is 105 Å². The number of rotatable bonds is 5. The van der Waals surface area contributed by atoms with E-state index in [-0.39, 0.29) is 30.4 Å². The maximum absolute atomic E-state index is 11.1. The molecule has 1 aromatic rings. The lowest BCUT2D eigenvalue weighted by molar-refractivity contribution is -0.384. The molecule has 0 atom stereocenters. The maximum Gasteiger partial charge on any atom is 0.310 e. The molecule has 0 heterocycles. The molecule has 0 aliphatic heterocycles. The van der Waals surface area contributed by atoms with Crippen LogP contribution < -0.4 is 4.90 Å². The summed E-state index contributed by atoms with van der Waals surface area (Å²) >= 11 is 0. The summed E-state index contributed by atoms with van der Waals surface area (Å²) < 4.78 is 0. The minimum atomic E-state index is -0.555. The van der Waals surface area contributed by atoms with E-state index in [1.807, 2.05) is 19.9 Å². The van der Waals surface area contributed by atoms with Crippen molar-refractivity contribution < 1.29 is 10.0 Å². The quantitative estimate of drug-likeness (QED) is 0.633. The Hall–Kier alpha value is -2.13. The topological polar surface area (TPSA) is 90.4 Å². The van der Waals surface area contributed by atoms with Gasteiger partial charge >= 0.3 is 5.69 Å². The van der Waals surface area contributed by atoms with Crippen molar-refractivity contribution in [3.63, 3.8) is 0 Å². The monoisotopic (exact) mass is 249 g/mol. The molecule has 18 heavy (non-hydrogen) atoms. The first-order chi connectivity index (χ1) is 8.52. The third-order valence-electron chi connectivity index (χ3n) is 2.59. The number of hydrogen-bond donors (Lipinski definition) is 1. The normalized spacial score (nSPS) is 10.2. The Morgan fingerprint density at radius 2 is 2.22 bits per heavy atom. The summed E-state index contributed by atoms with van der Waals surface area (Å²) in [6, 6.07) is 6.43. The number of nitro benzene ring substituents is 1. The highest BCUT2D eigenvalue weighted by Gasteiger charge is 2.24. The van der Waals surface area contributed by atoms with E-state index in [0.717, 1.165) is 0 Å². The predicted octanol–water partition coefficient (Wildman–Crippen LogP) is 1.67. The number of benzene rings is 1. The van der Waals surface area contributed by atoms with E-state index >= 15 is 0 Å². The van der Waals surface area contributed by atoms with Gasteiger partial charge in [0.1, 0.15) is 17.3 Å². The molecule has 0 fully saturated rings. The van der Waals surface area contributed by atoms with E-state index in [1.165, 1.54) is 6.07 Å². The fourth-order valence-electron chi connectivity index (χ4n) is 1.81. The third-order valence-corrected chi connectivity index (χ3v) is 2.59. The molecule has 1 aromatic carbocycles. The van der Waals surface area contributed by atoms with Gasteiger partial charge in [-0.25, -0.2) is 0 Å². The number of nitriles is 1. The highest BCUT2D eigenvalue weighted by Crippen LogP contribution is 2.32. The van der Waals surface area contributed by atoms with Gasteiger partial charge in [0.25, 0.3) is 0 Å². The fourth-order valence-corrected chi connectivity index (χ4v) is 1.81. The Morgan fingerprint density at radius 1 is 1.56 bits per heavy atom. The molecule has 0 unspecified atom stereocenters. The van der Waals surface area contributed by atoms with Gasteiger partial charge in [-0.1, -0.05) is 6.07 Å². The lowest BCUT2D eigenvalue weighted by Crippen LogP contribution is -2.34. The van der Waals surface area contributed by atoms with Crippen LogP contribution in [0.15, 0.2) is 18.2 Å². The van der Waals surface area contributed by atoms with Crippen LogP contribution in [-0.4, -0.2) is 29.2 Å². The molecule has 6 heteroatoms. The van der Waals surface area contributed by atoms with Crippen molar-refractivity contribution in [3.8, 4) is 6.07 Å². The van der Waals surface area contributed by atoms with E-state index in [0.29, 0.717) is 5.69 Å². The average Bonchev–Trinajstić information content (AvgIpc) is 2.34. The van der Waals surface area contributed by atoms with Crippen LogP contribution in [0.2, 0.25) is 0 Å². The molecule has 0 aliphatic carbocycles. The zero-order valence-electron chi connectivity index (χ0n) is 10.3. The summed E-state index contributed by atoms with van der Waals surface area (Å²) in [7, 11) is 0. The van der Waals surface area contributed by atoms with Crippen LogP contribution in [0.1, 0.15) is 19.4 Å². The predicted molar refractivity (Wildman–Crippen MR) is 67.4 cm³/mol. The smallest absolute Gasteiger partial charge is 0.310 e. The average molecular weight is 249 g/mol. The Bertz CT molecular complexity index is 480. The van der Waals surface area contributed by atoms with Crippen molar-refractivity contribution in [1.82, 2.24) is 0 Å². The van der Waals surface area contributed by atoms with Crippen LogP contribution in [0.5, 0.6) is 0 Å². The molecule has 0 radical (unpaired) electrons. The molecule has 0 spiro atoms. The van der Waals surface area contributed by atoms with Gasteiger partial charge in [0.15, 0.2) is 0 Å². The van der Waals surface area contributed by atoms with Crippen molar-refractivity contribution in [3.05, 3.63) is 33.9 Å². The van der Waals surface area contributed by atoms with E-state index < -0.39 is 4.92 Å². The lowest BCUT2D eigenvalue weighted by Gasteiger charge is -2.27. The molecular formula is C12H15N3O3. The first kappa shape index (κ1) is 13.9. The largest absolute Gasteiger partial charge is 0.395 e. The number of aliphatic hydroxyl groups is 1. The molecule has 96 valence electrons. The number of aliphatic hydroxyl groups excluding tert-OH is 1. The van der Waals surface area contributed by atoms with Crippen LogP contribution in [0.4, 0.5) is 11.4 Å². The van der Waals surface area contributed by atoms with Crippen LogP contribution in [0.25, 0.3) is 0 Å². The number of anilines is 1. The minimum Gasteiger partial charge on any atom is -0.395 e. The van der Waals surface area contributed by atoms with Crippen molar-refractivity contribution >= 4 is 11.4 Å². The Balaban J connectivity index is 3.38. The van der Waals surface area contributed by atoms with E-state index in [1.54, 1.807) is 17.0 Å². The first-order valence-electron chi connectivity index (χ1n) is 5.58. The van der Waals surface area contributed by atoms with Crippen molar-refractivity contribution in [1.29, 1.82) is 5.26 Å². The van der Waals surface area contributed by atoms with Gasteiger partial charge < -0.3 is 10.0 Å². The van der Waals surface area contributed by atoms with Crippen molar-refractivity contribution in [2.24, 2.45) is 0 Å². The van der Waals surface area contributed by atoms with E-state index in [9.17, 15) is 10.1 Å². The number of nitrogens with zero attached hydrogens (tertiary/aromatic N) is 3. The Morgan fingerprint density at radius 3 is 2.67 bits per heavy atom. The second kappa shape index (κ2) is 5.98. The van der Waals surface area contributed by atoms with Gasteiger partial charge in [-0.15, -0.1) is 0 Å². The number of hydrogen-bond acceptors (Lipinski definition) is 5. The molecular weight excluding hydrogens is 234 g/mol. The summed E-state index contributed by atoms with van der Waals surface area (Å²) in [5.74, 6) is 0.